The van der Waals surface area contributed by atoms with Gasteiger partial charge in [0.1, 0.15) is 10.7 Å². The summed E-state index contributed by atoms with van der Waals surface area (Å²) in [6.45, 7) is 5.05. The first-order valence-electron chi connectivity index (χ1n) is 5.76. The summed E-state index contributed by atoms with van der Waals surface area (Å²) >= 11 is 8.43. The van der Waals surface area contributed by atoms with E-state index >= 15 is 0 Å². The molecule has 0 aromatic heterocycles. The van der Waals surface area contributed by atoms with Crippen molar-refractivity contribution in [1.29, 1.82) is 0 Å². The van der Waals surface area contributed by atoms with E-state index in [-0.39, 0.29) is 0 Å². The predicted molar refractivity (Wildman–Crippen MR) is 79.6 cm³/mol. The van der Waals surface area contributed by atoms with Gasteiger partial charge in [0.15, 0.2) is 0 Å². The molecule has 0 aliphatic rings. The molecule has 0 aliphatic carbocycles. The minimum Gasteiger partial charge on any atom is -0.493 e. The largest absolute Gasteiger partial charge is 0.493 e. The van der Waals surface area contributed by atoms with Crippen molar-refractivity contribution in [3.8, 4) is 5.75 Å². The third-order valence-corrected chi connectivity index (χ3v) is 3.23. The molecular formula is C13H18BrNOS. The van der Waals surface area contributed by atoms with Crippen LogP contribution < -0.4 is 10.5 Å². The molecule has 0 fully saturated rings. The third kappa shape index (κ3) is 4.64. The normalized spacial score (nSPS) is 12.2. The summed E-state index contributed by atoms with van der Waals surface area (Å²) in [6, 6.07) is 5.70. The molecule has 0 heterocycles. The fraction of sp³-hybridized carbons (Fsp3) is 0.462. The van der Waals surface area contributed by atoms with Gasteiger partial charge < -0.3 is 10.5 Å². The van der Waals surface area contributed by atoms with Gasteiger partial charge in [0, 0.05) is 4.47 Å². The van der Waals surface area contributed by atoms with E-state index in [2.05, 4.69) is 29.8 Å². The van der Waals surface area contributed by atoms with Crippen molar-refractivity contribution in [3.05, 3.63) is 28.2 Å². The highest BCUT2D eigenvalue weighted by molar-refractivity contribution is 9.10. The Kier molecular flexibility index (Phi) is 5.92. The van der Waals surface area contributed by atoms with Crippen LogP contribution in [0.4, 0.5) is 0 Å². The van der Waals surface area contributed by atoms with E-state index in [9.17, 15) is 0 Å². The molecule has 1 aromatic carbocycles. The van der Waals surface area contributed by atoms with Gasteiger partial charge in [-0.25, -0.2) is 0 Å². The van der Waals surface area contributed by atoms with Gasteiger partial charge in [0.05, 0.1) is 12.2 Å². The minimum atomic E-state index is 0.371. The summed E-state index contributed by atoms with van der Waals surface area (Å²) in [7, 11) is 0. The van der Waals surface area contributed by atoms with Crippen molar-refractivity contribution in [2.45, 2.75) is 26.7 Å². The molecule has 2 nitrogen and oxygen atoms in total. The van der Waals surface area contributed by atoms with Crippen LogP contribution in [0.15, 0.2) is 22.7 Å². The quantitative estimate of drug-likeness (QED) is 0.809. The van der Waals surface area contributed by atoms with E-state index < -0.39 is 0 Å². The SMILES string of the molecule is CCCC(C)COc1cc(Br)ccc1C(N)=S. The number of ether oxygens (including phenoxy) is 1. The van der Waals surface area contributed by atoms with Crippen LogP contribution >= 0.6 is 28.1 Å². The Hall–Kier alpha value is -0.610. The number of benzene rings is 1. The summed E-state index contributed by atoms with van der Waals surface area (Å²) in [5, 5.41) is 0. The topological polar surface area (TPSA) is 35.2 Å². The van der Waals surface area contributed by atoms with Crippen molar-refractivity contribution < 1.29 is 4.74 Å². The van der Waals surface area contributed by atoms with E-state index in [0.29, 0.717) is 17.5 Å². The number of thiocarbonyl (C=S) groups is 1. The maximum atomic E-state index is 5.80. The molecule has 0 radical (unpaired) electrons. The first kappa shape index (κ1) is 14.5. The van der Waals surface area contributed by atoms with E-state index in [4.69, 9.17) is 22.7 Å². The molecule has 0 bridgehead atoms. The number of nitrogens with two attached hydrogens (primary N) is 1. The van der Waals surface area contributed by atoms with Gasteiger partial charge in [0.25, 0.3) is 0 Å². The Labute approximate surface area is 117 Å². The maximum absolute atomic E-state index is 5.80. The fourth-order valence-corrected chi connectivity index (χ4v) is 2.14. The van der Waals surface area contributed by atoms with E-state index in [0.717, 1.165) is 22.2 Å². The Balaban J connectivity index is 2.75. The molecule has 4 heteroatoms. The van der Waals surface area contributed by atoms with Crippen molar-refractivity contribution in [1.82, 2.24) is 0 Å². The van der Waals surface area contributed by atoms with E-state index in [1.54, 1.807) is 0 Å². The second-order valence-corrected chi connectivity index (χ2v) is 5.57. The summed E-state index contributed by atoms with van der Waals surface area (Å²) in [5.74, 6) is 1.30. The zero-order chi connectivity index (χ0) is 12.8. The average molecular weight is 316 g/mol. The smallest absolute Gasteiger partial charge is 0.130 e. The average Bonchev–Trinajstić information content (AvgIpc) is 2.26. The van der Waals surface area contributed by atoms with Gasteiger partial charge in [-0.1, -0.05) is 48.4 Å². The van der Waals surface area contributed by atoms with Gasteiger partial charge in [0.2, 0.25) is 0 Å². The molecule has 0 saturated heterocycles. The predicted octanol–water partition coefficient (Wildman–Crippen LogP) is 3.90. The molecule has 0 aliphatic heterocycles. The Morgan fingerprint density at radius 1 is 1.53 bits per heavy atom. The molecule has 0 saturated carbocycles. The zero-order valence-corrected chi connectivity index (χ0v) is 12.6. The summed E-state index contributed by atoms with van der Waals surface area (Å²) in [5.41, 5.74) is 6.46. The van der Waals surface area contributed by atoms with Crippen LogP contribution in [0.3, 0.4) is 0 Å². The van der Waals surface area contributed by atoms with Crippen LogP contribution in [0.5, 0.6) is 5.75 Å². The maximum Gasteiger partial charge on any atom is 0.130 e. The Morgan fingerprint density at radius 3 is 2.82 bits per heavy atom. The van der Waals surface area contributed by atoms with Gasteiger partial charge in [-0.2, -0.15) is 0 Å². The number of rotatable bonds is 6. The summed E-state index contributed by atoms with van der Waals surface area (Å²) in [6.07, 6.45) is 2.33. The Morgan fingerprint density at radius 2 is 2.24 bits per heavy atom. The van der Waals surface area contributed by atoms with E-state index in [1.807, 2.05) is 18.2 Å². The fourth-order valence-electron chi connectivity index (χ4n) is 1.63. The zero-order valence-electron chi connectivity index (χ0n) is 10.2. The molecule has 17 heavy (non-hydrogen) atoms. The van der Waals surface area contributed by atoms with Crippen molar-refractivity contribution in [2.75, 3.05) is 6.61 Å². The summed E-state index contributed by atoms with van der Waals surface area (Å²) in [4.78, 5) is 0.371. The molecule has 1 unspecified atom stereocenters. The lowest BCUT2D eigenvalue weighted by molar-refractivity contribution is 0.251. The first-order chi connectivity index (χ1) is 8.04. The highest BCUT2D eigenvalue weighted by atomic mass is 79.9. The number of hydrogen-bond acceptors (Lipinski definition) is 2. The third-order valence-electron chi connectivity index (χ3n) is 2.51. The highest BCUT2D eigenvalue weighted by Crippen LogP contribution is 2.24. The molecule has 0 amide bonds. The minimum absolute atomic E-state index is 0.371. The van der Waals surface area contributed by atoms with Gasteiger partial charge >= 0.3 is 0 Å². The molecule has 1 aromatic rings. The van der Waals surface area contributed by atoms with Crippen molar-refractivity contribution >= 4 is 33.1 Å². The van der Waals surface area contributed by atoms with Gasteiger partial charge in [-0.15, -0.1) is 0 Å². The van der Waals surface area contributed by atoms with Crippen LogP contribution in [0, 0.1) is 5.92 Å². The van der Waals surface area contributed by atoms with Crippen molar-refractivity contribution in [2.24, 2.45) is 11.7 Å². The lowest BCUT2D eigenvalue weighted by Crippen LogP contribution is -2.14. The van der Waals surface area contributed by atoms with Crippen molar-refractivity contribution in [3.63, 3.8) is 0 Å². The standard InChI is InChI=1S/C13H18BrNOS/c1-3-4-9(2)8-16-12-7-10(14)5-6-11(12)13(15)17/h5-7,9H,3-4,8H2,1-2H3,(H2,15,17). The molecule has 1 atom stereocenters. The number of halogens is 1. The van der Waals surface area contributed by atoms with Crippen LogP contribution in [-0.2, 0) is 0 Å². The monoisotopic (exact) mass is 315 g/mol. The van der Waals surface area contributed by atoms with Crippen LogP contribution in [-0.4, -0.2) is 11.6 Å². The van der Waals surface area contributed by atoms with Gasteiger partial charge in [-0.05, 0) is 30.5 Å². The van der Waals surface area contributed by atoms with E-state index in [1.165, 1.54) is 6.42 Å². The lowest BCUT2D eigenvalue weighted by Gasteiger charge is -2.15. The summed E-state index contributed by atoms with van der Waals surface area (Å²) < 4.78 is 6.76. The molecule has 1 rings (SSSR count). The molecule has 94 valence electrons. The second kappa shape index (κ2) is 6.97. The van der Waals surface area contributed by atoms with Gasteiger partial charge in [-0.3, -0.25) is 0 Å². The lowest BCUT2D eigenvalue weighted by atomic mass is 10.1. The first-order valence-corrected chi connectivity index (χ1v) is 6.96. The van der Waals surface area contributed by atoms with Crippen LogP contribution in [0.1, 0.15) is 32.3 Å². The Bertz CT molecular complexity index is 395. The molecule has 0 spiro atoms. The highest BCUT2D eigenvalue weighted by Gasteiger charge is 2.09. The molecular weight excluding hydrogens is 298 g/mol. The van der Waals surface area contributed by atoms with Crippen LogP contribution in [0.25, 0.3) is 0 Å². The number of hydrogen-bond donors (Lipinski definition) is 1. The second-order valence-electron chi connectivity index (χ2n) is 4.21. The molecule has 2 N–H and O–H groups in total. The van der Waals surface area contributed by atoms with Crippen LogP contribution in [0.2, 0.25) is 0 Å².